The molecule has 0 aromatic heterocycles. The summed E-state index contributed by atoms with van der Waals surface area (Å²) in [7, 11) is 0. The smallest absolute Gasteiger partial charge is 0.123 e. The second-order valence-corrected chi connectivity index (χ2v) is 5.24. The van der Waals surface area contributed by atoms with Crippen molar-refractivity contribution >= 4 is 0 Å². The van der Waals surface area contributed by atoms with Crippen LogP contribution in [-0.4, -0.2) is 0 Å². The molecule has 0 fully saturated rings. The van der Waals surface area contributed by atoms with Crippen LogP contribution >= 0.6 is 0 Å². The fourth-order valence-corrected chi connectivity index (χ4v) is 2.77. The predicted octanol–water partition coefficient (Wildman–Crippen LogP) is 3.74. The summed E-state index contributed by atoms with van der Waals surface area (Å²) < 4.78 is 19.0. The lowest BCUT2D eigenvalue weighted by atomic mass is 9.87. The van der Waals surface area contributed by atoms with Crippen LogP contribution in [0.5, 0.6) is 5.75 Å². The van der Waals surface area contributed by atoms with E-state index < -0.39 is 0 Å². The Labute approximate surface area is 118 Å². The van der Waals surface area contributed by atoms with Gasteiger partial charge in [0.15, 0.2) is 0 Å². The number of rotatable bonds is 3. The van der Waals surface area contributed by atoms with Crippen LogP contribution in [0.3, 0.4) is 0 Å². The van der Waals surface area contributed by atoms with E-state index in [1.165, 1.54) is 23.3 Å². The van der Waals surface area contributed by atoms with Crippen molar-refractivity contribution in [2.45, 2.75) is 31.9 Å². The highest BCUT2D eigenvalue weighted by atomic mass is 19.1. The normalized spacial score (nSPS) is 17.6. The molecule has 0 aliphatic heterocycles. The maximum Gasteiger partial charge on any atom is 0.123 e. The summed E-state index contributed by atoms with van der Waals surface area (Å²) in [6, 6.07) is 12.6. The van der Waals surface area contributed by atoms with E-state index in [-0.39, 0.29) is 11.9 Å². The first-order valence-corrected chi connectivity index (χ1v) is 6.98. The number of nitrogens with two attached hydrogens (primary N) is 1. The average Bonchev–Trinajstić information content (AvgIpc) is 2.46. The molecule has 1 aliphatic rings. The van der Waals surface area contributed by atoms with Crippen molar-refractivity contribution in [3.63, 3.8) is 0 Å². The molecule has 0 saturated heterocycles. The number of fused-ring (bicyclic) bond motifs is 1. The van der Waals surface area contributed by atoms with E-state index in [0.717, 1.165) is 30.6 Å². The van der Waals surface area contributed by atoms with Crippen LogP contribution in [0, 0.1) is 5.82 Å². The Morgan fingerprint density at radius 3 is 2.90 bits per heavy atom. The summed E-state index contributed by atoms with van der Waals surface area (Å²) in [4.78, 5) is 0. The second kappa shape index (κ2) is 5.63. The molecule has 2 N–H and O–H groups in total. The van der Waals surface area contributed by atoms with Crippen molar-refractivity contribution in [1.29, 1.82) is 0 Å². The van der Waals surface area contributed by atoms with Gasteiger partial charge in [-0.05, 0) is 54.2 Å². The third-order valence-corrected chi connectivity index (χ3v) is 3.79. The Bertz CT molecular complexity index is 612. The highest BCUT2D eigenvalue weighted by molar-refractivity contribution is 5.43. The van der Waals surface area contributed by atoms with E-state index in [9.17, 15) is 4.39 Å². The summed E-state index contributed by atoms with van der Waals surface area (Å²) in [6.07, 6.45) is 3.12. The second-order valence-electron chi connectivity index (χ2n) is 5.24. The van der Waals surface area contributed by atoms with E-state index >= 15 is 0 Å². The molecule has 20 heavy (non-hydrogen) atoms. The fraction of sp³-hybridized carbons (Fsp3) is 0.294. The van der Waals surface area contributed by atoms with Gasteiger partial charge in [0.1, 0.15) is 18.2 Å². The Kier molecular flexibility index (Phi) is 3.70. The topological polar surface area (TPSA) is 35.2 Å². The van der Waals surface area contributed by atoms with E-state index in [0.29, 0.717) is 6.61 Å². The van der Waals surface area contributed by atoms with Crippen LogP contribution in [0.1, 0.15) is 35.6 Å². The lowest BCUT2D eigenvalue weighted by Gasteiger charge is -2.24. The van der Waals surface area contributed by atoms with Crippen molar-refractivity contribution in [2.75, 3.05) is 0 Å². The molecule has 1 unspecified atom stereocenters. The minimum atomic E-state index is -0.233. The van der Waals surface area contributed by atoms with Gasteiger partial charge in [0.25, 0.3) is 0 Å². The summed E-state index contributed by atoms with van der Waals surface area (Å²) in [5.74, 6) is 0.644. The van der Waals surface area contributed by atoms with Crippen LogP contribution in [0.25, 0.3) is 0 Å². The van der Waals surface area contributed by atoms with Crippen LogP contribution in [-0.2, 0) is 13.0 Å². The molecule has 104 valence electrons. The Morgan fingerprint density at radius 2 is 2.05 bits per heavy atom. The van der Waals surface area contributed by atoms with E-state index in [4.69, 9.17) is 10.5 Å². The molecular weight excluding hydrogens is 253 g/mol. The molecule has 0 radical (unpaired) electrons. The maximum absolute atomic E-state index is 13.1. The van der Waals surface area contributed by atoms with Crippen LogP contribution in [0.15, 0.2) is 42.5 Å². The van der Waals surface area contributed by atoms with Gasteiger partial charge in [-0.15, -0.1) is 0 Å². The van der Waals surface area contributed by atoms with E-state index in [1.807, 2.05) is 18.2 Å². The molecule has 2 aromatic carbocycles. The highest BCUT2D eigenvalue weighted by Gasteiger charge is 2.19. The van der Waals surface area contributed by atoms with Crippen molar-refractivity contribution in [1.82, 2.24) is 0 Å². The molecule has 3 rings (SSSR count). The van der Waals surface area contributed by atoms with Crippen molar-refractivity contribution < 1.29 is 9.13 Å². The van der Waals surface area contributed by atoms with Crippen LogP contribution in [0.2, 0.25) is 0 Å². The first kappa shape index (κ1) is 13.1. The Morgan fingerprint density at radius 1 is 1.20 bits per heavy atom. The van der Waals surface area contributed by atoms with Gasteiger partial charge in [0.05, 0.1) is 0 Å². The molecule has 0 bridgehead atoms. The van der Waals surface area contributed by atoms with Gasteiger partial charge >= 0.3 is 0 Å². The largest absolute Gasteiger partial charge is 0.489 e. The minimum Gasteiger partial charge on any atom is -0.489 e. The first-order valence-electron chi connectivity index (χ1n) is 6.98. The van der Waals surface area contributed by atoms with Gasteiger partial charge in [-0.2, -0.15) is 0 Å². The molecule has 0 heterocycles. The summed E-state index contributed by atoms with van der Waals surface area (Å²) in [5.41, 5.74) is 9.37. The van der Waals surface area contributed by atoms with Crippen LogP contribution in [0.4, 0.5) is 4.39 Å². The lowest BCUT2D eigenvalue weighted by Crippen LogP contribution is -2.18. The summed E-state index contributed by atoms with van der Waals surface area (Å²) in [5, 5.41) is 0. The van der Waals surface area contributed by atoms with Crippen molar-refractivity contribution in [3.8, 4) is 5.75 Å². The Hall–Kier alpha value is -1.87. The minimum absolute atomic E-state index is 0.108. The standard InChI is InChI=1S/C17H18FNO/c18-13-5-1-4-12(10-13)11-20-17-9-3-6-14-15(17)7-2-8-16(14)19/h1,3-6,9-10,16H,2,7-8,11,19H2. The van der Waals surface area contributed by atoms with Gasteiger partial charge in [0, 0.05) is 6.04 Å². The molecule has 2 nitrogen and oxygen atoms in total. The quantitative estimate of drug-likeness (QED) is 0.923. The molecule has 1 atom stereocenters. The molecule has 2 aromatic rings. The molecule has 0 amide bonds. The van der Waals surface area contributed by atoms with E-state index in [2.05, 4.69) is 6.07 Å². The van der Waals surface area contributed by atoms with Gasteiger partial charge in [0.2, 0.25) is 0 Å². The number of halogens is 1. The molecule has 0 spiro atoms. The molecule has 3 heteroatoms. The fourth-order valence-electron chi connectivity index (χ4n) is 2.77. The van der Waals surface area contributed by atoms with E-state index in [1.54, 1.807) is 6.07 Å². The van der Waals surface area contributed by atoms with Gasteiger partial charge in [-0.1, -0.05) is 24.3 Å². The zero-order chi connectivity index (χ0) is 13.9. The SMILES string of the molecule is NC1CCCc2c(OCc3cccc(F)c3)cccc21. The zero-order valence-electron chi connectivity index (χ0n) is 11.3. The monoisotopic (exact) mass is 271 g/mol. The summed E-state index contributed by atoms with van der Waals surface area (Å²) >= 11 is 0. The predicted molar refractivity (Wildman–Crippen MR) is 77.0 cm³/mol. The third-order valence-electron chi connectivity index (χ3n) is 3.79. The lowest BCUT2D eigenvalue weighted by molar-refractivity contribution is 0.300. The molecular formula is C17H18FNO. The Balaban J connectivity index is 1.80. The number of benzene rings is 2. The van der Waals surface area contributed by atoms with Crippen LogP contribution < -0.4 is 10.5 Å². The highest BCUT2D eigenvalue weighted by Crippen LogP contribution is 2.34. The molecule has 1 aliphatic carbocycles. The third kappa shape index (κ3) is 2.68. The van der Waals surface area contributed by atoms with Gasteiger partial charge in [-0.25, -0.2) is 4.39 Å². The van der Waals surface area contributed by atoms with Gasteiger partial charge < -0.3 is 10.5 Å². The number of hydrogen-bond donors (Lipinski definition) is 1. The maximum atomic E-state index is 13.1. The van der Waals surface area contributed by atoms with Crippen molar-refractivity contribution in [2.24, 2.45) is 5.73 Å². The molecule has 0 saturated carbocycles. The van der Waals surface area contributed by atoms with Crippen molar-refractivity contribution in [3.05, 3.63) is 65.0 Å². The average molecular weight is 271 g/mol. The summed E-state index contributed by atoms with van der Waals surface area (Å²) in [6.45, 7) is 0.378. The first-order chi connectivity index (χ1) is 9.74. The number of ether oxygens (including phenoxy) is 1. The number of hydrogen-bond acceptors (Lipinski definition) is 2. The zero-order valence-corrected chi connectivity index (χ0v) is 11.3. The van der Waals surface area contributed by atoms with Gasteiger partial charge in [-0.3, -0.25) is 0 Å².